The molecule has 0 saturated carbocycles. The number of rotatable bonds is 39. The summed E-state index contributed by atoms with van der Waals surface area (Å²) >= 11 is 38.7. The zero-order valence-corrected chi connectivity index (χ0v) is 87.6. The van der Waals surface area contributed by atoms with Crippen LogP contribution in [0, 0.1) is 20.8 Å². The minimum atomic E-state index is -4.73. The van der Waals surface area contributed by atoms with E-state index < -0.39 is 249 Å². The van der Waals surface area contributed by atoms with Gasteiger partial charge >= 0.3 is 64.1 Å². The van der Waals surface area contributed by atoms with Gasteiger partial charge in [-0.3, -0.25) is 61.3 Å². The van der Waals surface area contributed by atoms with E-state index in [2.05, 4.69) is 74.8 Å². The number of aryl methyl sites for hydroxylation is 3. The van der Waals surface area contributed by atoms with Gasteiger partial charge in [-0.2, -0.15) is 19.9 Å². The van der Waals surface area contributed by atoms with Gasteiger partial charge in [0.1, 0.15) is 116 Å². The van der Waals surface area contributed by atoms with E-state index in [1.54, 1.807) is 20.8 Å². The summed E-state index contributed by atoms with van der Waals surface area (Å²) in [6.07, 6.45) is -16.8. The monoisotopic (exact) mass is 2310 g/mol. The van der Waals surface area contributed by atoms with Crippen LogP contribution in [0.2, 0.25) is 0 Å². The van der Waals surface area contributed by atoms with Crippen LogP contribution in [0.15, 0.2) is 85.3 Å². The van der Waals surface area contributed by atoms with Crippen LogP contribution in [0.25, 0.3) is 44.7 Å². The molecule has 792 valence electrons. The van der Waals surface area contributed by atoms with Crippen LogP contribution in [-0.4, -0.2) is 271 Å². The molecule has 7 aliphatic heterocycles. The molecule has 11 aromatic rings. The molecule has 11 aromatic heterocycles. The smallest absolute Gasteiger partial charge is 0.351 e. The molecule has 0 bridgehead atoms. The number of nitrogens with two attached hydrogens (primary N) is 6. The van der Waals surface area contributed by atoms with Crippen molar-refractivity contribution in [3.05, 3.63) is 136 Å². The van der Waals surface area contributed by atoms with Gasteiger partial charge in [-0.15, -0.1) is 0 Å². The van der Waals surface area contributed by atoms with Crippen molar-refractivity contribution in [2.45, 2.75) is 202 Å². The normalized spacial score (nSPS) is 29.2. The lowest BCUT2D eigenvalue weighted by molar-refractivity contribution is -0.0570. The summed E-state index contributed by atoms with van der Waals surface area (Å²) < 4.78 is 132. The van der Waals surface area contributed by atoms with Gasteiger partial charge < -0.3 is 166 Å². The number of nitrogens with one attached hydrogen (secondary N) is 3. The molecule has 76 heteroatoms. The van der Waals surface area contributed by atoms with Gasteiger partial charge in [-0.05, 0) is 110 Å². The third-order valence-corrected chi connectivity index (χ3v) is 34.4. The minimum absolute atomic E-state index is 0.0172. The maximum atomic E-state index is 13.7. The first-order chi connectivity index (χ1) is 68.8. The maximum absolute atomic E-state index is 13.7. The number of fused-ring (bicyclic) bond motifs is 4. The molecule has 0 spiro atoms. The number of hydrogen-bond acceptors (Lipinski definition) is 51. The Morgan fingerprint density at radius 3 is 0.932 bits per heavy atom. The topological polar surface area (TPSA) is 842 Å². The largest absolute Gasteiger partial charge is 0.383 e. The van der Waals surface area contributed by atoms with Crippen LogP contribution in [0.3, 0.4) is 0 Å². The Kier molecular flexibility index (Phi) is 31.8. The van der Waals surface area contributed by atoms with Crippen LogP contribution >= 0.6 is 47.0 Å². The van der Waals surface area contributed by atoms with Crippen LogP contribution < -0.4 is 68.1 Å². The molecule has 146 heavy (non-hydrogen) atoms. The number of anilines is 6. The molecule has 27 atom stereocenters. The molecule has 18 heterocycles. The highest BCUT2D eigenvalue weighted by molar-refractivity contribution is 8.09. The van der Waals surface area contributed by atoms with Crippen molar-refractivity contribution in [2.24, 2.45) is 0 Å². The van der Waals surface area contributed by atoms with Gasteiger partial charge in [0.25, 0.3) is 16.7 Å². The predicted molar refractivity (Wildman–Crippen MR) is 529 cm³/mol. The maximum Gasteiger partial charge on any atom is 0.351 e. The number of nitrogen functional groups attached to an aromatic ring is 6. The van der Waals surface area contributed by atoms with Gasteiger partial charge in [-0.1, -0.05) is 0 Å². The number of aromatic amines is 3. The van der Waals surface area contributed by atoms with E-state index in [-0.39, 0.29) is 130 Å². The molecule has 0 aromatic carbocycles. The first-order valence-corrected chi connectivity index (χ1v) is 61.6. The molecule has 0 aliphatic carbocycles. The van der Waals surface area contributed by atoms with Crippen molar-refractivity contribution >= 4 is 210 Å². The summed E-state index contributed by atoms with van der Waals surface area (Å²) in [5, 5.41) is 0. The summed E-state index contributed by atoms with van der Waals surface area (Å²) in [6, 6.07) is 0. The highest BCUT2D eigenvalue weighted by Gasteiger charge is 2.52. The summed E-state index contributed by atoms with van der Waals surface area (Å²) in [4.78, 5) is 229. The molecule has 0 amide bonds. The average molecular weight is 2310 g/mol. The highest BCUT2D eigenvalue weighted by atomic mass is 32.5. The number of ether oxygens (including phenoxy) is 7. The van der Waals surface area contributed by atoms with Gasteiger partial charge in [-0.25, -0.2) is 54.3 Å². The summed E-state index contributed by atoms with van der Waals surface area (Å²) in [5.74, 6) is -0.663. The van der Waals surface area contributed by atoms with E-state index in [1.807, 2.05) is 0 Å². The lowest BCUT2D eigenvalue weighted by atomic mass is 10.2. The molecule has 18 rings (SSSR count). The van der Waals surface area contributed by atoms with Crippen molar-refractivity contribution in [2.75, 3.05) is 74.0 Å². The lowest BCUT2D eigenvalue weighted by Gasteiger charge is -2.29. The fraction of sp³-hybridized carbons (Fsp3) is 0.543. The Balaban J connectivity index is 0.559. The molecule has 7 aliphatic rings. The zero-order chi connectivity index (χ0) is 104. The Labute approximate surface area is 853 Å². The Morgan fingerprint density at radius 2 is 0.603 bits per heavy atom. The first-order valence-electron chi connectivity index (χ1n) is 43.4. The van der Waals surface area contributed by atoms with E-state index in [1.165, 1.54) is 75.4 Å². The molecule has 62 nitrogen and oxygen atoms in total. The molecule has 23 N–H and O–H groups in total. The molecule has 7 fully saturated rings. The van der Waals surface area contributed by atoms with Gasteiger partial charge in [0, 0.05) is 80.2 Å². The van der Waals surface area contributed by atoms with Crippen LogP contribution in [0.5, 0.6) is 0 Å². The molecule has 6 unspecified atom stereocenters. The highest BCUT2D eigenvalue weighted by Crippen LogP contribution is 2.59. The fourth-order valence-electron chi connectivity index (χ4n) is 17.1. The number of nitrogens with zero attached hydrogens (tertiary/aromatic N) is 19. The quantitative estimate of drug-likeness (QED) is 0.0221. The number of hydrogen-bond donors (Lipinski definition) is 17. The summed E-state index contributed by atoms with van der Waals surface area (Å²) in [7, 11) is 0. The van der Waals surface area contributed by atoms with E-state index in [4.69, 9.17) is 209 Å². The Hall–Kier alpha value is -7.53. The van der Waals surface area contributed by atoms with E-state index in [9.17, 15) is 67.9 Å². The van der Waals surface area contributed by atoms with Crippen LogP contribution in [0.1, 0.15) is 112 Å². The molecular weight excluding hydrogens is 2220 g/mol. The molecular formula is C70H91N28O34P7S7. The van der Waals surface area contributed by atoms with Gasteiger partial charge in [0.2, 0.25) is 11.9 Å². The Bertz CT molecular complexity index is 7620. The van der Waals surface area contributed by atoms with Crippen molar-refractivity contribution in [3.8, 4) is 0 Å². The number of imidazole rings is 4. The first kappa shape index (κ1) is 108. The third kappa shape index (κ3) is 24.5. The van der Waals surface area contributed by atoms with Gasteiger partial charge in [0.05, 0.1) is 114 Å². The second-order valence-corrected chi connectivity index (χ2v) is 53.4. The fourth-order valence-corrected chi connectivity index (χ4v) is 26.9. The Morgan fingerprint density at radius 1 is 0.329 bits per heavy atom. The third-order valence-electron chi connectivity index (χ3n) is 24.0. The lowest BCUT2D eigenvalue weighted by Crippen LogP contribution is -2.33. The van der Waals surface area contributed by atoms with Crippen LogP contribution in [-0.2, 0) is 175 Å². The predicted octanol–water partition coefficient (Wildman–Crippen LogP) is -0.247. The van der Waals surface area contributed by atoms with Crippen molar-refractivity contribution in [1.29, 1.82) is 0 Å². The van der Waals surface area contributed by atoms with Crippen molar-refractivity contribution in [1.82, 2.24) is 107 Å². The van der Waals surface area contributed by atoms with E-state index in [0.29, 0.717) is 11.1 Å². The summed E-state index contributed by atoms with van der Waals surface area (Å²) in [6.45, 7) is -30.3. The van der Waals surface area contributed by atoms with E-state index in [0.717, 1.165) is 20.0 Å². The molecule has 7 saturated heterocycles. The number of aromatic nitrogens is 22. The van der Waals surface area contributed by atoms with E-state index >= 15 is 0 Å². The van der Waals surface area contributed by atoms with Gasteiger partial charge in [0.15, 0.2) is 45.3 Å². The molecule has 0 radical (unpaired) electrons. The summed E-state index contributed by atoms with van der Waals surface area (Å²) in [5.41, 5.74) is 32.7. The zero-order valence-electron chi connectivity index (χ0n) is 75.7. The SMILES string of the molecule is Cc1cn([C@H]2C[C@@H](OP(O)(=S)OC[C@H]3O[C@@H](n4cc(C)c(N)nc4=O)C[C@H]3OP(O)(=S)OC[C@H]3O[C@@H](n4cnc5c(N)ncnc54)C[C@H]3OP(O)(=S)OC[C@H]3O[C@@H](n4cnc5c(=O)[nH]c(N)nc54)C[C@H]3OP(O)(=S)OC[C@H]3O[C@@H](n4cc(C)c(=O)[nH]c4=O)C[C@H]3OP(O)(=S)OC[C@H]3O[C@@H](n4cnc5c(N)ncnc54)C[C@H]3OP(O)(O)=S)[C@@H](COP(O)(=S)O[C@@H]3C[C@H](n4cnc5c(=O)[nH]c(N)nc54)O[C@@H]3C)O2)c(=O)nc1N. The van der Waals surface area contributed by atoms with Crippen molar-refractivity contribution < 1.29 is 131 Å². The van der Waals surface area contributed by atoms with Crippen molar-refractivity contribution in [3.63, 3.8) is 0 Å². The average Bonchev–Trinajstić information content (AvgIpc) is 1.56. The van der Waals surface area contributed by atoms with Crippen LogP contribution in [0.4, 0.5) is 35.2 Å². The standard InChI is InChI=1S/C70H91N28O34P7S7/c1-27-12-92(68(102)85-55(27)71)44-7-33(39(120-44)16-113-134(107,141)127-31-5-47(119-30(31)4)97-25-83-53-61(97)87-66(75)89-64(53)100)128-136(109,143)115-17-40-34(8-45(121-40)93-13-28(2)56(72)86-69(93)103)129-137(110,144)117-19-42-36(10-49(124-42)96-24-82-52-58(74)78-22-80-60(52)96)131-139(112,146)118-20-43-37(11-50(125-43)98-26-84-54-62(98)88-67(76)90-65(54)101)132-138(111,145)116-18-41-35(9-46(122-41)94-14-29(3)63(99)91-70(94)104)130-135(108,142)114-15-38-32(126-133(105,106)140)6-48(123-38)95-23-81-51-57(73)77-21-79-59(51)95/h12-14,21-26,30-50H,5-11,15-20H2,1-4H3,(H,107,141)(H,108,142)(H,109,143)(H,110,144)(H,111,145)(H,112,146)(H2,71,85,102)(H2,72,86,103)(H2,73,77,79)(H2,74,78,80)(H,91,99,104)(H2,105,106,140)(H3,75,87,89,100)(H3,76,88,90,101)/t30-,31-,32-,33-,34-,35-,36-,37-,38-,39-,40-,41-,42-,43-,44-,45-,46-,47-,48-,49-,50-,134?,135?,136?,137?,138?,139?/m1/s1. The second kappa shape index (κ2) is 42.8. The number of H-pyrrole nitrogens is 3. The minimum Gasteiger partial charge on any atom is -0.383 e. The second-order valence-electron chi connectivity index (χ2n) is 34.0.